The van der Waals surface area contributed by atoms with Crippen molar-refractivity contribution in [2.45, 2.75) is 39.8 Å². The number of alkyl carbamates (subject to hydrolysis) is 1. The summed E-state index contributed by atoms with van der Waals surface area (Å²) < 4.78 is 10.2. The van der Waals surface area contributed by atoms with Crippen LogP contribution in [0.3, 0.4) is 0 Å². The molecule has 3 aromatic rings. The second-order valence-corrected chi connectivity index (χ2v) is 13.7. The van der Waals surface area contributed by atoms with Gasteiger partial charge in [0, 0.05) is 0 Å². The first-order valence-electron chi connectivity index (χ1n) is 11.4. The third-order valence-corrected chi connectivity index (χ3v) is 10.5. The Morgan fingerprint density at radius 2 is 1.90 bits per heavy atom. The minimum Gasteiger partial charge on any atom is -0.459 e. The first-order valence-corrected chi connectivity index (χ1v) is 15.7. The number of benzene rings is 2. The van der Waals surface area contributed by atoms with E-state index in [9.17, 15) is 14.4 Å². The van der Waals surface area contributed by atoms with Crippen LogP contribution in [-0.4, -0.2) is 55.7 Å². The van der Waals surface area contributed by atoms with Gasteiger partial charge in [-0.3, -0.25) is 4.79 Å². The Morgan fingerprint density at radius 1 is 1.21 bits per heavy atom. The largest absolute Gasteiger partial charge is 0.459 e. The van der Waals surface area contributed by atoms with Crippen LogP contribution in [0, 0.1) is 0 Å². The first-order chi connectivity index (χ1) is 18.6. The number of amides is 2. The summed E-state index contributed by atoms with van der Waals surface area (Å²) in [4.78, 5) is 44.8. The number of hydrogen-bond acceptors (Lipinski definition) is 9. The number of nitrogens with one attached hydrogen (secondary N) is 1. The summed E-state index contributed by atoms with van der Waals surface area (Å²) >= 11 is 18.8. The summed E-state index contributed by atoms with van der Waals surface area (Å²) in [7, 11) is 2.57. The van der Waals surface area contributed by atoms with Crippen LogP contribution in [0.25, 0.3) is 10.2 Å². The number of halogens is 3. The lowest BCUT2D eigenvalue weighted by Gasteiger charge is -2.49. The molecule has 206 valence electrons. The number of thiazole rings is 1. The summed E-state index contributed by atoms with van der Waals surface area (Å²) in [5, 5.41) is 1.77. The molecule has 0 radical (unpaired) electrons. The lowest BCUT2D eigenvalue weighted by Crippen LogP contribution is -2.73. The first kappa shape index (κ1) is 29.8. The smallest absolute Gasteiger partial charge is 0.410 e. The molecular weight excluding hydrogens is 625 g/mol. The molecule has 0 aliphatic carbocycles. The summed E-state index contributed by atoms with van der Waals surface area (Å²) in [6.45, 7) is 5.58. The molecule has 2 heterocycles. The van der Waals surface area contributed by atoms with Crippen molar-refractivity contribution in [1.29, 1.82) is 0 Å². The van der Waals surface area contributed by atoms with Crippen LogP contribution in [0.2, 0.25) is 0 Å². The fourth-order valence-corrected chi connectivity index (χ4v) is 7.81. The van der Waals surface area contributed by atoms with Crippen LogP contribution in [-0.2, 0) is 25.7 Å². The predicted molar refractivity (Wildman–Crippen MR) is 157 cm³/mol. The van der Waals surface area contributed by atoms with Gasteiger partial charge in [0.2, 0.25) is 5.91 Å². The third kappa shape index (κ3) is 7.33. The molecule has 4 rings (SSSR count). The molecule has 1 aliphatic rings. The van der Waals surface area contributed by atoms with Crippen LogP contribution in [0.1, 0.15) is 12.5 Å². The van der Waals surface area contributed by atoms with E-state index in [1.807, 2.05) is 54.6 Å². The van der Waals surface area contributed by atoms with Gasteiger partial charge in [-0.1, -0.05) is 83.0 Å². The average molecular weight is 647 g/mol. The Morgan fingerprint density at radius 3 is 2.56 bits per heavy atom. The van der Waals surface area contributed by atoms with E-state index in [1.165, 1.54) is 37.8 Å². The topological polar surface area (TPSA) is 97.8 Å². The number of carbonyl (C=O) groups is 3. The van der Waals surface area contributed by atoms with Gasteiger partial charge >= 0.3 is 12.1 Å². The highest BCUT2D eigenvalue weighted by atomic mass is 35.5. The zero-order valence-corrected chi connectivity index (χ0v) is 25.1. The summed E-state index contributed by atoms with van der Waals surface area (Å²) in [6, 6.07) is 14.7. The van der Waals surface area contributed by atoms with E-state index in [-0.39, 0.29) is 12.5 Å². The quantitative estimate of drug-likeness (QED) is 0.0846. The molecule has 0 bridgehead atoms. The Balaban J connectivity index is 1.52. The number of para-hydroxylation sites is 1. The minimum absolute atomic E-state index is 0.0315. The van der Waals surface area contributed by atoms with Gasteiger partial charge in [-0.05, 0) is 41.0 Å². The number of alkyl halides is 3. The normalized spacial score (nSPS) is 17.8. The molecule has 2 unspecified atom stereocenters. The Bertz CT molecular complexity index is 1340. The molecule has 1 aliphatic heterocycles. The molecule has 0 saturated carbocycles. The summed E-state index contributed by atoms with van der Waals surface area (Å²) in [5.74, 6) is -1.55. The maximum Gasteiger partial charge on any atom is 0.410 e. The monoisotopic (exact) mass is 645 g/mol. The molecule has 1 N–H and O–H groups in total. The molecule has 2 amide bonds. The van der Waals surface area contributed by atoms with Crippen LogP contribution < -0.4 is 5.32 Å². The molecule has 8 nitrogen and oxygen atoms in total. The number of carbonyl (C=O) groups excluding carboxylic acids is 3. The van der Waals surface area contributed by atoms with E-state index in [0.717, 1.165) is 20.1 Å². The van der Waals surface area contributed by atoms with Crippen LogP contribution in [0.15, 0.2) is 71.1 Å². The number of esters is 1. The standard InChI is InChI=1S/C25H22Cl3N3O5S3/c1-14(2)19(22(33)35-12-15-8-4-3-5-9-15)31-20(32)18(30-23(34)36-25(27,28)13-26)21(31)38-39-24-29-16-10-6-7-11-17(16)37-24/h3-11,18-19,21H,1,12-13H2,2H3,(H,30,34)/t18-,19?,21?/m1/s1. The van der Waals surface area contributed by atoms with E-state index >= 15 is 0 Å². The summed E-state index contributed by atoms with van der Waals surface area (Å²) in [6.07, 6.45) is -1.03. The number of hydrogen-bond donors (Lipinski definition) is 1. The molecule has 1 aromatic heterocycles. The molecule has 2 aromatic carbocycles. The Kier molecular flexibility index (Phi) is 9.95. The van der Waals surface area contributed by atoms with E-state index in [4.69, 9.17) is 44.3 Å². The highest BCUT2D eigenvalue weighted by Gasteiger charge is 2.54. The number of aromatic nitrogens is 1. The van der Waals surface area contributed by atoms with Crippen LogP contribution in [0.5, 0.6) is 0 Å². The van der Waals surface area contributed by atoms with Crippen molar-refractivity contribution in [3.05, 3.63) is 72.3 Å². The van der Waals surface area contributed by atoms with E-state index in [1.54, 1.807) is 6.92 Å². The number of nitrogens with zero attached hydrogens (tertiary/aromatic N) is 2. The highest BCUT2D eigenvalue weighted by molar-refractivity contribution is 8.77. The van der Waals surface area contributed by atoms with Crippen molar-refractivity contribution in [3.8, 4) is 0 Å². The fourth-order valence-electron chi connectivity index (χ4n) is 3.65. The molecule has 14 heteroatoms. The summed E-state index contributed by atoms with van der Waals surface area (Å²) in [5.41, 5.74) is 2.04. The number of likely N-dealkylation sites (tertiary alicyclic amines) is 1. The lowest BCUT2D eigenvalue weighted by molar-refractivity contribution is -0.162. The highest BCUT2D eigenvalue weighted by Crippen LogP contribution is 2.45. The van der Waals surface area contributed by atoms with Gasteiger partial charge in [0.1, 0.15) is 18.0 Å². The van der Waals surface area contributed by atoms with E-state index in [0.29, 0.717) is 5.57 Å². The van der Waals surface area contributed by atoms with Crippen LogP contribution in [0.4, 0.5) is 4.79 Å². The zero-order valence-electron chi connectivity index (χ0n) is 20.3. The van der Waals surface area contributed by atoms with Crippen molar-refractivity contribution in [1.82, 2.24) is 15.2 Å². The predicted octanol–water partition coefficient (Wildman–Crippen LogP) is 6.36. The van der Waals surface area contributed by atoms with Gasteiger partial charge in [-0.2, -0.15) is 0 Å². The molecule has 39 heavy (non-hydrogen) atoms. The van der Waals surface area contributed by atoms with Gasteiger partial charge in [0.15, 0.2) is 10.4 Å². The van der Waals surface area contributed by atoms with Gasteiger partial charge in [0.25, 0.3) is 4.52 Å². The van der Waals surface area contributed by atoms with Gasteiger partial charge in [-0.25, -0.2) is 14.6 Å². The molecular formula is C25H22Cl3N3O5S3. The van der Waals surface area contributed by atoms with Crippen molar-refractivity contribution < 1.29 is 23.9 Å². The maximum absolute atomic E-state index is 13.3. The van der Waals surface area contributed by atoms with E-state index < -0.39 is 39.9 Å². The van der Waals surface area contributed by atoms with Crippen molar-refractivity contribution in [3.63, 3.8) is 0 Å². The maximum atomic E-state index is 13.3. The fraction of sp³-hybridized carbons (Fsp3) is 0.280. The number of fused-ring (bicyclic) bond motifs is 1. The van der Waals surface area contributed by atoms with Crippen molar-refractivity contribution in [2.75, 3.05) is 5.88 Å². The second kappa shape index (κ2) is 13.0. The van der Waals surface area contributed by atoms with Gasteiger partial charge in [0.05, 0.1) is 16.1 Å². The van der Waals surface area contributed by atoms with Crippen molar-refractivity contribution in [2.24, 2.45) is 0 Å². The minimum atomic E-state index is -1.97. The third-order valence-electron chi connectivity index (χ3n) is 5.44. The zero-order chi connectivity index (χ0) is 28.2. The van der Waals surface area contributed by atoms with Crippen molar-refractivity contribution >= 4 is 95.9 Å². The number of rotatable bonds is 11. The molecule has 1 fully saturated rings. The number of β-lactam (4-membered cyclic amide) rings is 1. The second-order valence-electron chi connectivity index (χ2n) is 8.39. The van der Waals surface area contributed by atoms with E-state index in [2.05, 4.69) is 16.9 Å². The molecule has 0 spiro atoms. The number of ether oxygens (including phenoxy) is 2. The molecule has 1 saturated heterocycles. The lowest BCUT2D eigenvalue weighted by atomic mass is 9.99. The Hall–Kier alpha value is -2.15. The SMILES string of the molecule is C=C(C)C(C(=O)OCc1ccccc1)N1C(=O)[C@@H](NC(=O)OC(Cl)(Cl)CCl)C1SSc1nc2ccccc2s1. The average Bonchev–Trinajstić information content (AvgIpc) is 3.33. The van der Waals surface area contributed by atoms with Gasteiger partial charge < -0.3 is 19.7 Å². The van der Waals surface area contributed by atoms with Gasteiger partial charge in [-0.15, -0.1) is 22.9 Å². The Labute approximate surface area is 251 Å². The molecule has 3 atom stereocenters. The van der Waals surface area contributed by atoms with Crippen LogP contribution >= 0.6 is 67.7 Å².